The number of rotatable bonds is 6. The molecule has 0 saturated carbocycles. The van der Waals surface area contributed by atoms with E-state index < -0.39 is 11.7 Å². The Kier molecular flexibility index (Phi) is 8.93. The Balaban J connectivity index is 1.01. The van der Waals surface area contributed by atoms with Gasteiger partial charge >= 0.3 is 12.2 Å². The lowest BCUT2D eigenvalue weighted by atomic mass is 9.98. The van der Waals surface area contributed by atoms with Crippen molar-refractivity contribution in [1.82, 2.24) is 29.7 Å². The Hall–Kier alpha value is -5.97. The molecule has 2 atom stereocenters. The molecule has 2 aromatic heterocycles. The molecule has 0 bridgehead atoms. The number of hydrogen-bond acceptors (Lipinski definition) is 7. The molecule has 2 N–H and O–H groups in total. The molecule has 2 saturated heterocycles. The molecular formula is C42H42N6O5. The van der Waals surface area contributed by atoms with Crippen LogP contribution in [0.4, 0.5) is 9.59 Å². The van der Waals surface area contributed by atoms with Gasteiger partial charge in [-0.15, -0.1) is 0 Å². The van der Waals surface area contributed by atoms with Crippen LogP contribution in [0.25, 0.3) is 44.1 Å². The number of H-pyrrole nitrogens is 2. The molecule has 2 amide bonds. The van der Waals surface area contributed by atoms with Gasteiger partial charge < -0.3 is 19.4 Å². The summed E-state index contributed by atoms with van der Waals surface area (Å²) in [6.45, 7) is 6.99. The third-order valence-electron chi connectivity index (χ3n) is 10.0. The topological polar surface area (TPSA) is 134 Å². The maximum Gasteiger partial charge on any atom is 0.410 e. The van der Waals surface area contributed by atoms with Gasteiger partial charge in [0, 0.05) is 18.7 Å². The van der Waals surface area contributed by atoms with Crippen LogP contribution in [0.2, 0.25) is 0 Å². The molecule has 53 heavy (non-hydrogen) atoms. The molecule has 6 aromatic rings. The summed E-state index contributed by atoms with van der Waals surface area (Å²) < 4.78 is 11.3. The quantitative estimate of drug-likeness (QED) is 0.177. The second kappa shape index (κ2) is 13.9. The van der Waals surface area contributed by atoms with E-state index in [9.17, 15) is 14.4 Å². The number of carbonyl (C=O) groups excluding carboxylic acids is 2. The number of amides is 2. The Morgan fingerprint density at radius 3 is 2.15 bits per heavy atom. The van der Waals surface area contributed by atoms with Crippen LogP contribution in [0.3, 0.4) is 0 Å². The summed E-state index contributed by atoms with van der Waals surface area (Å²) >= 11 is 0. The molecule has 11 heteroatoms. The van der Waals surface area contributed by atoms with Crippen molar-refractivity contribution >= 4 is 33.9 Å². The number of aromatic amines is 2. The maximum absolute atomic E-state index is 13.2. The second-order valence-electron chi connectivity index (χ2n) is 14.9. The van der Waals surface area contributed by atoms with Crippen LogP contribution in [-0.4, -0.2) is 60.6 Å². The number of likely N-dealkylation sites (tertiary alicyclic amines) is 2. The fourth-order valence-electron chi connectivity index (χ4n) is 7.40. The van der Waals surface area contributed by atoms with Crippen LogP contribution in [0, 0.1) is 0 Å². The average molecular weight is 711 g/mol. The highest BCUT2D eigenvalue weighted by atomic mass is 16.6. The summed E-state index contributed by atoms with van der Waals surface area (Å²) in [4.78, 5) is 58.6. The van der Waals surface area contributed by atoms with E-state index >= 15 is 0 Å². The van der Waals surface area contributed by atoms with Crippen molar-refractivity contribution in [2.45, 2.75) is 70.7 Å². The predicted molar refractivity (Wildman–Crippen MR) is 203 cm³/mol. The molecule has 0 aliphatic carbocycles. The molecule has 4 aromatic carbocycles. The number of nitrogens with zero attached hydrogens (tertiary/aromatic N) is 4. The van der Waals surface area contributed by atoms with Crippen molar-refractivity contribution in [1.29, 1.82) is 0 Å². The predicted octanol–water partition coefficient (Wildman–Crippen LogP) is 8.68. The first-order chi connectivity index (χ1) is 25.6. The smallest absolute Gasteiger partial charge is 0.410 e. The summed E-state index contributed by atoms with van der Waals surface area (Å²) in [5.41, 5.74) is 4.50. The van der Waals surface area contributed by atoms with E-state index in [1.165, 1.54) is 0 Å². The summed E-state index contributed by atoms with van der Waals surface area (Å²) in [6.07, 6.45) is 4.30. The third kappa shape index (κ3) is 7.11. The van der Waals surface area contributed by atoms with E-state index in [0.29, 0.717) is 36.2 Å². The van der Waals surface area contributed by atoms with E-state index in [4.69, 9.17) is 14.5 Å². The van der Waals surface area contributed by atoms with Gasteiger partial charge in [0.2, 0.25) is 0 Å². The third-order valence-corrected chi connectivity index (χ3v) is 10.0. The molecule has 0 radical (unpaired) electrons. The lowest BCUT2D eigenvalue weighted by Gasteiger charge is -2.27. The minimum atomic E-state index is -0.559. The van der Waals surface area contributed by atoms with Crippen molar-refractivity contribution in [2.75, 3.05) is 13.1 Å². The van der Waals surface area contributed by atoms with Crippen molar-refractivity contribution in [3.8, 4) is 22.4 Å². The van der Waals surface area contributed by atoms with Crippen LogP contribution in [0.15, 0.2) is 95.9 Å². The summed E-state index contributed by atoms with van der Waals surface area (Å²) in [7, 11) is 0. The Labute approximate surface area is 307 Å². The first-order valence-electron chi connectivity index (χ1n) is 18.2. The maximum atomic E-state index is 13.2. The van der Waals surface area contributed by atoms with E-state index in [1.807, 2.05) is 69.4 Å². The molecule has 0 unspecified atom stereocenters. The highest BCUT2D eigenvalue weighted by Crippen LogP contribution is 2.35. The van der Waals surface area contributed by atoms with Crippen LogP contribution >= 0.6 is 0 Å². The summed E-state index contributed by atoms with van der Waals surface area (Å²) in [6, 6.07) is 27.3. The number of imidazole rings is 1. The Bertz CT molecular complexity index is 2380. The molecule has 8 rings (SSSR count). The lowest BCUT2D eigenvalue weighted by molar-refractivity contribution is 0.0218. The standard InChI is InChI=1S/C42H42N6O5/c1-42(2,3)53-41(51)48-20-7-11-35(48)37-43-24-34(45-37)31-16-15-27-21-28(13-14-29(27)22-31)30-17-18-32-33(23-30)44-38(46-39(32)49)36-12-8-19-47(36)40(50)52-25-26-9-5-4-6-10-26/h4-6,9-10,13-18,21-24,35-36H,7-8,11-12,19-20,25H2,1-3H3,(H,43,45)(H,44,46,49)/t35-,36-/m0/s1. The first-order valence-corrected chi connectivity index (χ1v) is 18.2. The number of fused-ring (bicyclic) bond motifs is 2. The van der Waals surface area contributed by atoms with Gasteiger partial charge in [-0.25, -0.2) is 19.6 Å². The van der Waals surface area contributed by atoms with E-state index in [1.54, 1.807) is 15.9 Å². The van der Waals surface area contributed by atoms with Crippen molar-refractivity contribution in [2.24, 2.45) is 0 Å². The van der Waals surface area contributed by atoms with Gasteiger partial charge in [-0.1, -0.05) is 60.7 Å². The molecule has 2 aliphatic heterocycles. The second-order valence-corrected chi connectivity index (χ2v) is 14.9. The number of nitrogens with one attached hydrogen (secondary N) is 2. The van der Waals surface area contributed by atoms with E-state index in [2.05, 4.69) is 51.4 Å². The van der Waals surface area contributed by atoms with Crippen molar-refractivity contribution < 1.29 is 19.1 Å². The fourth-order valence-corrected chi connectivity index (χ4v) is 7.40. The van der Waals surface area contributed by atoms with E-state index in [-0.39, 0.29) is 30.3 Å². The van der Waals surface area contributed by atoms with Crippen LogP contribution in [-0.2, 0) is 16.1 Å². The minimum absolute atomic E-state index is 0.150. The van der Waals surface area contributed by atoms with Gasteiger partial charge in [-0.05, 0) is 98.2 Å². The molecule has 270 valence electrons. The van der Waals surface area contributed by atoms with Gasteiger partial charge in [0.1, 0.15) is 23.9 Å². The van der Waals surface area contributed by atoms with Gasteiger partial charge in [-0.3, -0.25) is 14.6 Å². The first kappa shape index (κ1) is 34.1. The Morgan fingerprint density at radius 1 is 0.774 bits per heavy atom. The van der Waals surface area contributed by atoms with Gasteiger partial charge in [0.15, 0.2) is 0 Å². The zero-order valence-corrected chi connectivity index (χ0v) is 30.1. The zero-order chi connectivity index (χ0) is 36.7. The largest absolute Gasteiger partial charge is 0.445 e. The minimum Gasteiger partial charge on any atom is -0.445 e. The SMILES string of the molecule is CC(C)(C)OC(=O)N1CCC[C@H]1c1ncc(-c2ccc3cc(-c4ccc5c(=O)[nH]c([C@@H]6CCCN6C(=O)OCc6ccccc6)nc5c4)ccc3c2)[nH]1. The fraction of sp³-hybridized carbons (Fsp3) is 0.310. The van der Waals surface area contributed by atoms with Crippen molar-refractivity contribution in [3.05, 3.63) is 119 Å². The highest BCUT2D eigenvalue weighted by molar-refractivity contribution is 5.92. The lowest BCUT2D eigenvalue weighted by Crippen LogP contribution is -2.36. The van der Waals surface area contributed by atoms with Crippen LogP contribution in [0.1, 0.15) is 75.8 Å². The van der Waals surface area contributed by atoms with Gasteiger partial charge in [-0.2, -0.15) is 0 Å². The van der Waals surface area contributed by atoms with Gasteiger partial charge in [0.05, 0.1) is 34.9 Å². The molecule has 11 nitrogen and oxygen atoms in total. The molecular weight excluding hydrogens is 668 g/mol. The number of benzene rings is 4. The van der Waals surface area contributed by atoms with Crippen LogP contribution in [0.5, 0.6) is 0 Å². The zero-order valence-electron chi connectivity index (χ0n) is 30.1. The molecule has 0 spiro atoms. The Morgan fingerprint density at radius 2 is 1.42 bits per heavy atom. The molecule has 2 fully saturated rings. The monoisotopic (exact) mass is 710 g/mol. The molecule has 2 aliphatic rings. The van der Waals surface area contributed by atoms with Crippen LogP contribution < -0.4 is 5.56 Å². The number of carbonyl (C=O) groups is 2. The van der Waals surface area contributed by atoms with Gasteiger partial charge in [0.25, 0.3) is 5.56 Å². The summed E-state index contributed by atoms with van der Waals surface area (Å²) in [5, 5.41) is 2.62. The average Bonchev–Trinajstić information content (AvgIpc) is 3.94. The number of aromatic nitrogens is 4. The number of hydrogen-bond donors (Lipinski definition) is 2. The van der Waals surface area contributed by atoms with Crippen molar-refractivity contribution in [3.63, 3.8) is 0 Å². The highest BCUT2D eigenvalue weighted by Gasteiger charge is 2.35. The normalized spacial score (nSPS) is 17.5. The number of ether oxygens (including phenoxy) is 2. The van der Waals surface area contributed by atoms with E-state index in [0.717, 1.165) is 63.8 Å². The summed E-state index contributed by atoms with van der Waals surface area (Å²) in [5.74, 6) is 1.22. The molecule has 4 heterocycles.